The Morgan fingerprint density at radius 2 is 1.95 bits per heavy atom. The number of benzene rings is 1. The molecule has 0 aliphatic rings. The third-order valence-electron chi connectivity index (χ3n) is 3.00. The number of aromatic amines is 1. The Kier molecular flexibility index (Phi) is 3.96. The summed E-state index contributed by atoms with van der Waals surface area (Å²) in [6.45, 7) is 0.724. The molecular weight excluding hydrogens is 363 g/mol. The molecule has 2 aromatic heterocycles. The summed E-state index contributed by atoms with van der Waals surface area (Å²) in [6, 6.07) is 12.3. The highest BCUT2D eigenvalue weighted by Gasteiger charge is 2.07. The van der Waals surface area contributed by atoms with Crippen LogP contribution in [0.2, 0.25) is 0 Å². The summed E-state index contributed by atoms with van der Waals surface area (Å²) in [5, 5.41) is 10.6. The Labute approximate surface area is 130 Å². The lowest BCUT2D eigenvalue weighted by atomic mass is 10.1. The lowest BCUT2D eigenvalue weighted by Gasteiger charge is -2.07. The Balaban J connectivity index is 1.76. The Morgan fingerprint density at radius 3 is 2.70 bits per heavy atom. The minimum atomic E-state index is 0.724. The number of nitrogens with zero attached hydrogens (tertiary/aromatic N) is 2. The van der Waals surface area contributed by atoms with Gasteiger partial charge < -0.3 is 5.32 Å². The molecule has 3 aromatic rings. The molecule has 0 spiro atoms. The number of pyridine rings is 1. The third kappa shape index (κ3) is 2.98. The van der Waals surface area contributed by atoms with Gasteiger partial charge in [-0.3, -0.25) is 10.1 Å². The van der Waals surface area contributed by atoms with Gasteiger partial charge in [-0.05, 0) is 59.0 Å². The number of aromatic nitrogens is 3. The second-order valence-corrected chi connectivity index (χ2v) is 5.62. The first-order valence-corrected chi connectivity index (χ1v) is 7.33. The highest BCUT2D eigenvalue weighted by molar-refractivity contribution is 14.1. The smallest absolute Gasteiger partial charge is 0.0715 e. The van der Waals surface area contributed by atoms with Crippen LogP contribution in [0.3, 0.4) is 0 Å². The van der Waals surface area contributed by atoms with Gasteiger partial charge in [0, 0.05) is 39.3 Å². The highest BCUT2D eigenvalue weighted by atomic mass is 127. The van der Waals surface area contributed by atoms with Gasteiger partial charge in [-0.15, -0.1) is 0 Å². The zero-order valence-electron chi connectivity index (χ0n) is 10.7. The van der Waals surface area contributed by atoms with E-state index >= 15 is 0 Å². The predicted molar refractivity (Wildman–Crippen MR) is 88.3 cm³/mol. The molecule has 0 aliphatic heterocycles. The van der Waals surface area contributed by atoms with E-state index in [-0.39, 0.29) is 0 Å². The van der Waals surface area contributed by atoms with Crippen molar-refractivity contribution in [1.29, 1.82) is 0 Å². The number of H-pyrrole nitrogens is 1. The van der Waals surface area contributed by atoms with Crippen LogP contribution in [0.25, 0.3) is 11.3 Å². The molecular formula is C15H13IN4. The minimum absolute atomic E-state index is 0.724. The quantitative estimate of drug-likeness (QED) is 0.683. The van der Waals surface area contributed by atoms with Crippen molar-refractivity contribution in [2.24, 2.45) is 0 Å². The maximum Gasteiger partial charge on any atom is 0.0715 e. The molecule has 0 saturated heterocycles. The van der Waals surface area contributed by atoms with Crippen LogP contribution in [0, 0.1) is 3.57 Å². The van der Waals surface area contributed by atoms with E-state index in [1.165, 1.54) is 3.57 Å². The fourth-order valence-corrected chi connectivity index (χ4v) is 2.33. The van der Waals surface area contributed by atoms with Crippen molar-refractivity contribution in [3.63, 3.8) is 0 Å². The second-order valence-electron chi connectivity index (χ2n) is 4.37. The van der Waals surface area contributed by atoms with Gasteiger partial charge in [0.05, 0.1) is 11.9 Å². The first-order valence-electron chi connectivity index (χ1n) is 6.25. The van der Waals surface area contributed by atoms with Gasteiger partial charge in [0.25, 0.3) is 0 Å². The summed E-state index contributed by atoms with van der Waals surface area (Å²) < 4.78 is 1.23. The molecule has 0 saturated carbocycles. The summed E-state index contributed by atoms with van der Waals surface area (Å²) in [5.74, 6) is 0. The summed E-state index contributed by atoms with van der Waals surface area (Å²) in [4.78, 5) is 4.14. The standard InChI is InChI=1S/C15H13IN4/c16-13-3-5-14(6-4-13)18-9-12-10-19-20-15(12)11-2-1-7-17-8-11/h1-8,10,18H,9H2,(H,19,20). The molecule has 100 valence electrons. The van der Waals surface area contributed by atoms with Crippen molar-refractivity contribution in [3.05, 3.63) is 64.1 Å². The summed E-state index contributed by atoms with van der Waals surface area (Å²) in [6.07, 6.45) is 5.45. The van der Waals surface area contributed by atoms with E-state index in [9.17, 15) is 0 Å². The largest absolute Gasteiger partial charge is 0.381 e. The number of anilines is 1. The number of hydrogen-bond acceptors (Lipinski definition) is 3. The number of nitrogens with one attached hydrogen (secondary N) is 2. The van der Waals surface area contributed by atoms with E-state index in [0.29, 0.717) is 0 Å². The molecule has 0 amide bonds. The zero-order chi connectivity index (χ0) is 13.8. The Hall–Kier alpha value is -1.89. The number of hydrogen-bond donors (Lipinski definition) is 2. The first-order chi connectivity index (χ1) is 9.83. The van der Waals surface area contributed by atoms with E-state index in [1.807, 2.05) is 24.5 Å². The van der Waals surface area contributed by atoms with Crippen molar-refractivity contribution >= 4 is 28.3 Å². The Morgan fingerprint density at radius 1 is 1.10 bits per heavy atom. The van der Waals surface area contributed by atoms with Gasteiger partial charge in [-0.2, -0.15) is 5.10 Å². The highest BCUT2D eigenvalue weighted by Crippen LogP contribution is 2.21. The van der Waals surface area contributed by atoms with Crippen molar-refractivity contribution in [3.8, 4) is 11.3 Å². The maximum absolute atomic E-state index is 4.14. The molecule has 0 atom stereocenters. The van der Waals surface area contributed by atoms with Crippen LogP contribution in [0.5, 0.6) is 0 Å². The van der Waals surface area contributed by atoms with Crippen molar-refractivity contribution in [2.45, 2.75) is 6.54 Å². The van der Waals surface area contributed by atoms with Gasteiger partial charge in [0.2, 0.25) is 0 Å². The second kappa shape index (κ2) is 6.04. The summed E-state index contributed by atoms with van der Waals surface area (Å²) in [7, 11) is 0. The van der Waals surface area contributed by atoms with Crippen LogP contribution < -0.4 is 5.32 Å². The molecule has 0 unspecified atom stereocenters. The van der Waals surface area contributed by atoms with Crippen molar-refractivity contribution in [2.75, 3.05) is 5.32 Å². The fraction of sp³-hybridized carbons (Fsp3) is 0.0667. The fourth-order valence-electron chi connectivity index (χ4n) is 1.97. The third-order valence-corrected chi connectivity index (χ3v) is 3.71. The van der Waals surface area contributed by atoms with E-state index < -0.39 is 0 Å². The van der Waals surface area contributed by atoms with E-state index in [1.54, 1.807) is 6.20 Å². The van der Waals surface area contributed by atoms with Crippen LogP contribution in [0.15, 0.2) is 55.0 Å². The van der Waals surface area contributed by atoms with E-state index in [0.717, 1.165) is 29.1 Å². The molecule has 2 heterocycles. The van der Waals surface area contributed by atoms with Crippen molar-refractivity contribution in [1.82, 2.24) is 15.2 Å². The lowest BCUT2D eigenvalue weighted by Crippen LogP contribution is -1.99. The molecule has 0 bridgehead atoms. The molecule has 0 fully saturated rings. The number of halogens is 1. The lowest BCUT2D eigenvalue weighted by molar-refractivity contribution is 1.09. The monoisotopic (exact) mass is 376 g/mol. The van der Waals surface area contributed by atoms with Crippen LogP contribution in [-0.4, -0.2) is 15.2 Å². The van der Waals surface area contributed by atoms with E-state index in [2.05, 4.69) is 67.4 Å². The van der Waals surface area contributed by atoms with Crippen LogP contribution in [-0.2, 0) is 6.54 Å². The van der Waals surface area contributed by atoms with Crippen LogP contribution in [0.4, 0.5) is 5.69 Å². The van der Waals surface area contributed by atoms with Crippen LogP contribution >= 0.6 is 22.6 Å². The SMILES string of the molecule is Ic1ccc(NCc2cn[nH]c2-c2cccnc2)cc1. The topological polar surface area (TPSA) is 53.6 Å². The molecule has 1 aromatic carbocycles. The maximum atomic E-state index is 4.14. The number of rotatable bonds is 4. The average Bonchev–Trinajstić information content (AvgIpc) is 2.96. The molecule has 20 heavy (non-hydrogen) atoms. The first kappa shape index (κ1) is 13.1. The zero-order valence-corrected chi connectivity index (χ0v) is 12.8. The molecule has 5 heteroatoms. The predicted octanol–water partition coefficient (Wildman–Crippen LogP) is 3.69. The molecule has 0 radical (unpaired) electrons. The summed E-state index contributed by atoms with van der Waals surface area (Å²) in [5.41, 5.74) is 4.28. The minimum Gasteiger partial charge on any atom is -0.381 e. The van der Waals surface area contributed by atoms with Gasteiger partial charge in [0.15, 0.2) is 0 Å². The average molecular weight is 376 g/mol. The molecule has 0 aliphatic carbocycles. The normalized spacial score (nSPS) is 10.4. The van der Waals surface area contributed by atoms with Gasteiger partial charge in [-0.25, -0.2) is 0 Å². The van der Waals surface area contributed by atoms with Gasteiger partial charge in [-0.1, -0.05) is 0 Å². The van der Waals surface area contributed by atoms with E-state index in [4.69, 9.17) is 0 Å². The Bertz CT molecular complexity index is 677. The summed E-state index contributed by atoms with van der Waals surface area (Å²) >= 11 is 2.30. The molecule has 3 rings (SSSR count). The molecule has 4 nitrogen and oxygen atoms in total. The van der Waals surface area contributed by atoms with Crippen LogP contribution in [0.1, 0.15) is 5.56 Å². The molecule has 2 N–H and O–H groups in total. The van der Waals surface area contributed by atoms with Gasteiger partial charge in [0.1, 0.15) is 0 Å². The van der Waals surface area contributed by atoms with Gasteiger partial charge >= 0.3 is 0 Å². The van der Waals surface area contributed by atoms with Crippen molar-refractivity contribution < 1.29 is 0 Å².